The van der Waals surface area contributed by atoms with Gasteiger partial charge in [-0.1, -0.05) is 0 Å². The molecule has 0 aliphatic rings. The molecule has 0 saturated carbocycles. The fourth-order valence-electron chi connectivity index (χ4n) is 1.38. The summed E-state index contributed by atoms with van der Waals surface area (Å²) in [4.78, 5) is 0. The third kappa shape index (κ3) is 2.10. The first-order valence-corrected chi connectivity index (χ1v) is 5.53. The van der Waals surface area contributed by atoms with Gasteiger partial charge in [-0.15, -0.1) is 0 Å². The van der Waals surface area contributed by atoms with E-state index < -0.39 is 0 Å². The number of ether oxygens (including phenoxy) is 1. The van der Waals surface area contributed by atoms with E-state index >= 15 is 0 Å². The van der Waals surface area contributed by atoms with E-state index in [1.54, 1.807) is 24.1 Å². The van der Waals surface area contributed by atoms with Crippen molar-refractivity contribution in [3.63, 3.8) is 0 Å². The largest absolute Gasteiger partial charge is 0.497 e. The molecule has 0 aliphatic carbocycles. The molecular weight excluding hydrogens is 272 g/mol. The standard InChI is InChI=1S/C11H11BrN2O2/c1-16-9-2-3-10(12)11(6-9)14-5-4-8(7-15)13-14/h2-6,15H,7H2,1H3. The Kier molecular flexibility index (Phi) is 3.26. The maximum Gasteiger partial charge on any atom is 0.121 e. The second-order valence-electron chi connectivity index (χ2n) is 3.23. The summed E-state index contributed by atoms with van der Waals surface area (Å²) >= 11 is 3.45. The van der Waals surface area contributed by atoms with Gasteiger partial charge in [-0.25, -0.2) is 4.68 Å². The number of aliphatic hydroxyl groups excluding tert-OH is 1. The average molecular weight is 283 g/mol. The lowest BCUT2D eigenvalue weighted by molar-refractivity contribution is 0.276. The molecule has 1 heterocycles. The zero-order valence-electron chi connectivity index (χ0n) is 8.72. The number of methoxy groups -OCH3 is 1. The smallest absolute Gasteiger partial charge is 0.121 e. The van der Waals surface area contributed by atoms with Crippen LogP contribution in [0.15, 0.2) is 34.9 Å². The van der Waals surface area contributed by atoms with Gasteiger partial charge in [0.1, 0.15) is 5.75 Å². The minimum absolute atomic E-state index is 0.0609. The van der Waals surface area contributed by atoms with E-state index in [0.717, 1.165) is 15.9 Å². The average Bonchev–Trinajstić information content (AvgIpc) is 2.78. The second kappa shape index (κ2) is 4.67. The van der Waals surface area contributed by atoms with E-state index in [1.807, 2.05) is 18.2 Å². The van der Waals surface area contributed by atoms with Crippen LogP contribution in [0.4, 0.5) is 0 Å². The van der Waals surface area contributed by atoms with Crippen molar-refractivity contribution in [2.45, 2.75) is 6.61 Å². The van der Waals surface area contributed by atoms with E-state index in [2.05, 4.69) is 21.0 Å². The van der Waals surface area contributed by atoms with Gasteiger partial charge in [-0.2, -0.15) is 5.10 Å². The number of benzene rings is 1. The van der Waals surface area contributed by atoms with Gasteiger partial charge in [0.25, 0.3) is 0 Å². The highest BCUT2D eigenvalue weighted by Gasteiger charge is 2.06. The Bertz CT molecular complexity index is 496. The lowest BCUT2D eigenvalue weighted by Gasteiger charge is -2.07. The van der Waals surface area contributed by atoms with Crippen molar-refractivity contribution in [2.24, 2.45) is 0 Å². The summed E-state index contributed by atoms with van der Waals surface area (Å²) in [7, 11) is 1.62. The van der Waals surface area contributed by atoms with Crippen molar-refractivity contribution in [3.05, 3.63) is 40.6 Å². The van der Waals surface area contributed by atoms with Crippen LogP contribution in [0, 0.1) is 0 Å². The number of rotatable bonds is 3. The van der Waals surface area contributed by atoms with Crippen molar-refractivity contribution in [1.29, 1.82) is 0 Å². The number of nitrogens with zero attached hydrogens (tertiary/aromatic N) is 2. The molecule has 16 heavy (non-hydrogen) atoms. The molecule has 0 aliphatic heterocycles. The molecule has 0 saturated heterocycles. The molecule has 1 aromatic carbocycles. The summed E-state index contributed by atoms with van der Waals surface area (Å²) in [6.45, 7) is -0.0609. The first kappa shape index (κ1) is 11.2. The van der Waals surface area contributed by atoms with Crippen LogP contribution in [-0.2, 0) is 6.61 Å². The normalized spacial score (nSPS) is 10.4. The number of halogens is 1. The fourth-order valence-corrected chi connectivity index (χ4v) is 1.80. The summed E-state index contributed by atoms with van der Waals surface area (Å²) in [5, 5.41) is 13.2. The van der Waals surface area contributed by atoms with Crippen molar-refractivity contribution < 1.29 is 9.84 Å². The molecule has 2 rings (SSSR count). The van der Waals surface area contributed by atoms with Crippen LogP contribution in [0.5, 0.6) is 5.75 Å². The van der Waals surface area contributed by atoms with Gasteiger partial charge < -0.3 is 9.84 Å². The Labute approximate surface area is 102 Å². The lowest BCUT2D eigenvalue weighted by atomic mass is 10.3. The topological polar surface area (TPSA) is 47.3 Å². The predicted molar refractivity (Wildman–Crippen MR) is 63.7 cm³/mol. The minimum atomic E-state index is -0.0609. The van der Waals surface area contributed by atoms with E-state index in [9.17, 15) is 0 Å². The molecule has 0 bridgehead atoms. The Hall–Kier alpha value is -1.33. The SMILES string of the molecule is COc1ccc(Br)c(-n2ccc(CO)n2)c1. The zero-order chi connectivity index (χ0) is 11.5. The van der Waals surface area contributed by atoms with Gasteiger partial charge in [-0.3, -0.25) is 0 Å². The molecule has 0 radical (unpaired) electrons. The maximum atomic E-state index is 8.96. The highest BCUT2D eigenvalue weighted by atomic mass is 79.9. The highest BCUT2D eigenvalue weighted by Crippen LogP contribution is 2.25. The summed E-state index contributed by atoms with van der Waals surface area (Å²) < 4.78 is 7.76. The molecule has 0 atom stereocenters. The van der Waals surface area contributed by atoms with Crippen molar-refractivity contribution in [3.8, 4) is 11.4 Å². The van der Waals surface area contributed by atoms with Crippen LogP contribution in [0.1, 0.15) is 5.69 Å². The van der Waals surface area contributed by atoms with Crippen molar-refractivity contribution >= 4 is 15.9 Å². The van der Waals surface area contributed by atoms with Gasteiger partial charge in [0.2, 0.25) is 0 Å². The zero-order valence-corrected chi connectivity index (χ0v) is 10.3. The first-order valence-electron chi connectivity index (χ1n) is 4.74. The molecule has 0 unspecified atom stereocenters. The quantitative estimate of drug-likeness (QED) is 0.938. The maximum absolute atomic E-state index is 8.96. The number of hydrogen-bond donors (Lipinski definition) is 1. The summed E-state index contributed by atoms with van der Waals surface area (Å²) in [5.41, 5.74) is 1.51. The van der Waals surface area contributed by atoms with Crippen LogP contribution >= 0.6 is 15.9 Å². The first-order chi connectivity index (χ1) is 7.74. The third-order valence-corrected chi connectivity index (χ3v) is 2.88. The number of aromatic nitrogens is 2. The van der Waals surface area contributed by atoms with Gasteiger partial charge in [0.15, 0.2) is 0 Å². The molecule has 4 nitrogen and oxygen atoms in total. The molecule has 1 N–H and O–H groups in total. The molecular formula is C11H11BrN2O2. The van der Waals surface area contributed by atoms with E-state index in [0.29, 0.717) is 5.69 Å². The number of aliphatic hydroxyl groups is 1. The molecule has 84 valence electrons. The van der Waals surface area contributed by atoms with Gasteiger partial charge in [0.05, 0.1) is 25.1 Å². The van der Waals surface area contributed by atoms with E-state index in [1.165, 1.54) is 0 Å². The fraction of sp³-hybridized carbons (Fsp3) is 0.182. The van der Waals surface area contributed by atoms with E-state index in [4.69, 9.17) is 9.84 Å². The monoisotopic (exact) mass is 282 g/mol. The van der Waals surface area contributed by atoms with Crippen LogP contribution in [-0.4, -0.2) is 22.0 Å². The molecule has 0 fully saturated rings. The lowest BCUT2D eigenvalue weighted by Crippen LogP contribution is -1.98. The molecule has 0 amide bonds. The minimum Gasteiger partial charge on any atom is -0.497 e. The van der Waals surface area contributed by atoms with Crippen LogP contribution in [0.3, 0.4) is 0 Å². The summed E-state index contributed by atoms with van der Waals surface area (Å²) in [6.07, 6.45) is 1.80. The Morgan fingerprint density at radius 1 is 1.44 bits per heavy atom. The predicted octanol–water partition coefficient (Wildman–Crippen LogP) is 2.14. The summed E-state index contributed by atoms with van der Waals surface area (Å²) in [6, 6.07) is 7.41. The van der Waals surface area contributed by atoms with Crippen LogP contribution in [0.25, 0.3) is 5.69 Å². The molecule has 1 aromatic heterocycles. The van der Waals surface area contributed by atoms with E-state index in [-0.39, 0.29) is 6.61 Å². The van der Waals surface area contributed by atoms with Gasteiger partial charge in [0, 0.05) is 16.7 Å². The van der Waals surface area contributed by atoms with Gasteiger partial charge in [-0.05, 0) is 34.1 Å². The Morgan fingerprint density at radius 2 is 2.25 bits per heavy atom. The Balaban J connectivity index is 2.45. The second-order valence-corrected chi connectivity index (χ2v) is 4.08. The van der Waals surface area contributed by atoms with Gasteiger partial charge >= 0.3 is 0 Å². The third-order valence-electron chi connectivity index (χ3n) is 2.21. The van der Waals surface area contributed by atoms with Crippen molar-refractivity contribution in [2.75, 3.05) is 7.11 Å². The number of hydrogen-bond acceptors (Lipinski definition) is 3. The highest BCUT2D eigenvalue weighted by molar-refractivity contribution is 9.10. The molecule has 2 aromatic rings. The summed E-state index contributed by atoms with van der Waals surface area (Å²) in [5.74, 6) is 0.763. The molecule has 5 heteroatoms. The van der Waals surface area contributed by atoms with Crippen LogP contribution < -0.4 is 4.74 Å². The molecule has 0 spiro atoms. The Morgan fingerprint density at radius 3 is 2.88 bits per heavy atom. The van der Waals surface area contributed by atoms with Crippen LogP contribution in [0.2, 0.25) is 0 Å². The van der Waals surface area contributed by atoms with Crippen molar-refractivity contribution in [1.82, 2.24) is 9.78 Å².